The molecule has 0 unspecified atom stereocenters. The average Bonchev–Trinajstić information content (AvgIpc) is 2.55. The zero-order chi connectivity index (χ0) is 14.5. The smallest absolute Gasteiger partial charge is 0.191 e. The summed E-state index contributed by atoms with van der Waals surface area (Å²) in [5, 5.41) is 6.77. The highest BCUT2D eigenvalue weighted by Gasteiger charge is 2.34. The molecule has 3 nitrogen and oxygen atoms in total. The van der Waals surface area contributed by atoms with Crippen molar-refractivity contribution in [1.82, 2.24) is 10.6 Å². The molecule has 2 N–H and O–H groups in total. The van der Waals surface area contributed by atoms with Crippen molar-refractivity contribution < 1.29 is 4.39 Å². The van der Waals surface area contributed by atoms with E-state index in [1.807, 2.05) is 6.07 Å². The molecule has 1 aliphatic heterocycles. The average molecular weight is 417 g/mol. The maximum Gasteiger partial charge on any atom is 0.191 e. The van der Waals surface area contributed by atoms with Gasteiger partial charge in [0.05, 0.1) is 0 Å². The molecule has 0 bridgehead atoms. The van der Waals surface area contributed by atoms with Crippen LogP contribution in [-0.2, 0) is 5.41 Å². The molecule has 3 rings (SSSR count). The topological polar surface area (TPSA) is 36.4 Å². The van der Waals surface area contributed by atoms with Gasteiger partial charge in [-0.05, 0) is 37.0 Å². The van der Waals surface area contributed by atoms with E-state index in [1.165, 1.54) is 25.3 Å². The number of hydrogen-bond donors (Lipinski definition) is 2. The van der Waals surface area contributed by atoms with E-state index in [-0.39, 0.29) is 35.2 Å². The fraction of sp³-hybridized carbons (Fsp3) is 0.588. The Morgan fingerprint density at radius 2 is 2.00 bits per heavy atom. The SMILES string of the molecule is Fc1cccc(C2(CNC3=NCCCN3)CCCCC2)c1.I. The molecule has 1 aliphatic carbocycles. The van der Waals surface area contributed by atoms with Gasteiger partial charge in [-0.2, -0.15) is 0 Å². The summed E-state index contributed by atoms with van der Waals surface area (Å²) in [7, 11) is 0. The van der Waals surface area contributed by atoms with Crippen LogP contribution in [-0.4, -0.2) is 25.6 Å². The van der Waals surface area contributed by atoms with Crippen molar-refractivity contribution in [1.29, 1.82) is 0 Å². The lowest BCUT2D eigenvalue weighted by Crippen LogP contribution is -2.48. The Morgan fingerprint density at radius 1 is 1.18 bits per heavy atom. The van der Waals surface area contributed by atoms with Gasteiger partial charge in [-0.15, -0.1) is 24.0 Å². The molecule has 1 heterocycles. The highest BCUT2D eigenvalue weighted by atomic mass is 127. The molecule has 1 saturated carbocycles. The normalized spacial score (nSPS) is 20.3. The summed E-state index contributed by atoms with van der Waals surface area (Å²) in [4.78, 5) is 4.48. The predicted molar refractivity (Wildman–Crippen MR) is 99.5 cm³/mol. The van der Waals surface area contributed by atoms with Crippen molar-refractivity contribution in [2.24, 2.45) is 4.99 Å². The second kappa shape index (κ2) is 8.13. The van der Waals surface area contributed by atoms with Crippen LogP contribution >= 0.6 is 24.0 Å². The van der Waals surface area contributed by atoms with E-state index in [0.717, 1.165) is 50.4 Å². The maximum atomic E-state index is 13.6. The number of guanidine groups is 1. The summed E-state index contributed by atoms with van der Waals surface area (Å²) in [6.45, 7) is 2.71. The summed E-state index contributed by atoms with van der Waals surface area (Å²) in [6.07, 6.45) is 7.07. The lowest BCUT2D eigenvalue weighted by atomic mass is 9.69. The van der Waals surface area contributed by atoms with E-state index in [4.69, 9.17) is 0 Å². The standard InChI is InChI=1S/C17H24FN3.HI/c18-15-7-4-6-14(12-15)17(8-2-1-3-9-17)13-21-16-19-10-5-11-20-16;/h4,6-7,12H,1-3,5,8-11,13H2,(H2,19,20,21);1H. The molecule has 1 aromatic rings. The van der Waals surface area contributed by atoms with Crippen LogP contribution in [0.5, 0.6) is 0 Å². The van der Waals surface area contributed by atoms with Gasteiger partial charge in [0.15, 0.2) is 5.96 Å². The van der Waals surface area contributed by atoms with Gasteiger partial charge < -0.3 is 10.6 Å². The van der Waals surface area contributed by atoms with Crippen LogP contribution < -0.4 is 10.6 Å². The van der Waals surface area contributed by atoms with Crippen LogP contribution in [0.4, 0.5) is 4.39 Å². The van der Waals surface area contributed by atoms with E-state index >= 15 is 0 Å². The molecule has 5 heteroatoms. The lowest BCUT2D eigenvalue weighted by Gasteiger charge is -2.38. The molecule has 1 fully saturated rings. The van der Waals surface area contributed by atoms with E-state index in [9.17, 15) is 4.39 Å². The molecule has 0 spiro atoms. The first-order chi connectivity index (χ1) is 10.3. The molecule has 22 heavy (non-hydrogen) atoms. The van der Waals surface area contributed by atoms with Gasteiger partial charge in [-0.3, -0.25) is 4.99 Å². The molecule has 0 atom stereocenters. The molecular formula is C17H25FIN3. The van der Waals surface area contributed by atoms with Gasteiger partial charge in [0.2, 0.25) is 0 Å². The van der Waals surface area contributed by atoms with E-state index in [0.29, 0.717) is 0 Å². The van der Waals surface area contributed by atoms with Gasteiger partial charge in [-0.25, -0.2) is 4.39 Å². The summed E-state index contributed by atoms with van der Waals surface area (Å²) in [5.74, 6) is 0.771. The first-order valence-electron chi connectivity index (χ1n) is 8.07. The third-order valence-corrected chi connectivity index (χ3v) is 4.74. The first kappa shape index (κ1) is 17.5. The van der Waals surface area contributed by atoms with E-state index in [2.05, 4.69) is 21.7 Å². The molecular weight excluding hydrogens is 392 g/mol. The molecule has 0 amide bonds. The molecule has 122 valence electrons. The van der Waals surface area contributed by atoms with Gasteiger partial charge in [0.25, 0.3) is 0 Å². The van der Waals surface area contributed by atoms with Gasteiger partial charge in [0.1, 0.15) is 5.82 Å². The Hall–Kier alpha value is -0.850. The number of nitrogens with one attached hydrogen (secondary N) is 2. The third-order valence-electron chi connectivity index (χ3n) is 4.74. The van der Waals surface area contributed by atoms with Gasteiger partial charge in [0, 0.05) is 25.0 Å². The van der Waals surface area contributed by atoms with Gasteiger partial charge in [-0.1, -0.05) is 31.4 Å². The zero-order valence-corrected chi connectivity index (χ0v) is 15.2. The highest BCUT2D eigenvalue weighted by molar-refractivity contribution is 14.0. The summed E-state index contributed by atoms with van der Waals surface area (Å²) >= 11 is 0. The predicted octanol–water partition coefficient (Wildman–Crippen LogP) is 3.58. The Kier molecular flexibility index (Phi) is 6.47. The van der Waals surface area contributed by atoms with Crippen molar-refractivity contribution in [3.8, 4) is 0 Å². The van der Waals surface area contributed by atoms with Crippen LogP contribution in [0.15, 0.2) is 29.3 Å². The van der Waals surface area contributed by atoms with E-state index in [1.54, 1.807) is 6.07 Å². The molecule has 0 aromatic heterocycles. The van der Waals surface area contributed by atoms with Crippen molar-refractivity contribution in [3.05, 3.63) is 35.6 Å². The third kappa shape index (κ3) is 4.12. The lowest BCUT2D eigenvalue weighted by molar-refractivity contribution is 0.290. The van der Waals surface area contributed by atoms with Crippen LogP contribution in [0.3, 0.4) is 0 Å². The second-order valence-electron chi connectivity index (χ2n) is 6.22. The van der Waals surface area contributed by atoms with Crippen molar-refractivity contribution >= 4 is 29.9 Å². The first-order valence-corrected chi connectivity index (χ1v) is 8.07. The highest BCUT2D eigenvalue weighted by Crippen LogP contribution is 2.39. The Morgan fingerprint density at radius 3 is 2.68 bits per heavy atom. The number of hydrogen-bond acceptors (Lipinski definition) is 3. The minimum absolute atomic E-state index is 0. The molecule has 1 aromatic carbocycles. The molecule has 0 saturated heterocycles. The number of benzene rings is 1. The van der Waals surface area contributed by atoms with Crippen LogP contribution in [0.25, 0.3) is 0 Å². The Bertz CT molecular complexity index is 512. The number of nitrogens with zero attached hydrogens (tertiary/aromatic N) is 1. The largest absolute Gasteiger partial charge is 0.356 e. The van der Waals surface area contributed by atoms with Crippen LogP contribution in [0, 0.1) is 5.82 Å². The van der Waals surface area contributed by atoms with Gasteiger partial charge >= 0.3 is 0 Å². The van der Waals surface area contributed by atoms with Crippen LogP contribution in [0.1, 0.15) is 44.1 Å². The minimum atomic E-state index is -0.134. The molecule has 2 aliphatic rings. The number of aliphatic imine (C=N–C) groups is 1. The number of halogens is 2. The zero-order valence-electron chi connectivity index (χ0n) is 12.9. The monoisotopic (exact) mass is 417 g/mol. The molecule has 0 radical (unpaired) electrons. The number of rotatable bonds is 3. The summed E-state index contributed by atoms with van der Waals surface area (Å²) in [5.41, 5.74) is 1.17. The van der Waals surface area contributed by atoms with E-state index < -0.39 is 0 Å². The van der Waals surface area contributed by atoms with Crippen molar-refractivity contribution in [2.45, 2.75) is 43.9 Å². The maximum absolute atomic E-state index is 13.6. The fourth-order valence-corrected chi connectivity index (χ4v) is 3.52. The minimum Gasteiger partial charge on any atom is -0.356 e. The van der Waals surface area contributed by atoms with Crippen molar-refractivity contribution in [2.75, 3.05) is 19.6 Å². The quantitative estimate of drug-likeness (QED) is 0.738. The Balaban J connectivity index is 0.00000176. The Labute approximate surface area is 149 Å². The second-order valence-corrected chi connectivity index (χ2v) is 6.22. The fourth-order valence-electron chi connectivity index (χ4n) is 3.52. The summed E-state index contributed by atoms with van der Waals surface area (Å²) in [6, 6.07) is 7.15. The van der Waals surface area contributed by atoms with Crippen LogP contribution in [0.2, 0.25) is 0 Å². The van der Waals surface area contributed by atoms with Crippen molar-refractivity contribution in [3.63, 3.8) is 0 Å². The summed E-state index contributed by atoms with van der Waals surface area (Å²) < 4.78 is 13.6.